The van der Waals surface area contributed by atoms with Crippen molar-refractivity contribution in [2.75, 3.05) is 20.1 Å². The Morgan fingerprint density at radius 2 is 1.75 bits per heavy atom. The van der Waals surface area contributed by atoms with Gasteiger partial charge in [-0.05, 0) is 23.3 Å². The molecule has 0 aromatic carbocycles. The van der Waals surface area contributed by atoms with E-state index in [2.05, 4.69) is 34.6 Å². The van der Waals surface area contributed by atoms with Crippen molar-refractivity contribution in [3.8, 4) is 0 Å². The molecule has 1 rings (SSSR count). The lowest BCUT2D eigenvalue weighted by Gasteiger charge is -2.21. The van der Waals surface area contributed by atoms with Gasteiger partial charge in [-0.25, -0.2) is 0 Å². The van der Waals surface area contributed by atoms with Crippen LogP contribution >= 0.6 is 0 Å². The lowest BCUT2D eigenvalue weighted by molar-refractivity contribution is -0.133. The van der Waals surface area contributed by atoms with Crippen LogP contribution in [0.25, 0.3) is 0 Å². The van der Waals surface area contributed by atoms with Gasteiger partial charge in [0.25, 0.3) is 0 Å². The maximum atomic E-state index is 12.3. The number of amides is 1. The predicted molar refractivity (Wildman–Crippen MR) is 66.9 cm³/mol. The summed E-state index contributed by atoms with van der Waals surface area (Å²) in [6, 6.07) is 0. The predicted octanol–water partition coefficient (Wildman–Crippen LogP) is 1.72. The van der Waals surface area contributed by atoms with E-state index in [-0.39, 0.29) is 22.7 Å². The van der Waals surface area contributed by atoms with Crippen LogP contribution in [0.15, 0.2) is 0 Å². The summed E-state index contributed by atoms with van der Waals surface area (Å²) < 4.78 is 0. The largest absolute Gasteiger partial charge is 0.345 e. The zero-order valence-corrected chi connectivity index (χ0v) is 11.5. The second kappa shape index (κ2) is 4.02. The molecule has 94 valence electrons. The SMILES string of the molecule is CC(CN)CN(C)C(=O)C1C(C)(C)C1(C)C. The Morgan fingerprint density at radius 1 is 1.31 bits per heavy atom. The third kappa shape index (κ3) is 1.97. The van der Waals surface area contributed by atoms with Crippen LogP contribution in [0.4, 0.5) is 0 Å². The topological polar surface area (TPSA) is 46.3 Å². The van der Waals surface area contributed by atoms with Crippen LogP contribution in [-0.4, -0.2) is 30.9 Å². The lowest BCUT2D eigenvalue weighted by Crippen LogP contribution is -2.35. The van der Waals surface area contributed by atoms with E-state index >= 15 is 0 Å². The van der Waals surface area contributed by atoms with Gasteiger partial charge in [0, 0.05) is 19.5 Å². The zero-order valence-electron chi connectivity index (χ0n) is 11.5. The van der Waals surface area contributed by atoms with Crippen molar-refractivity contribution in [2.24, 2.45) is 28.4 Å². The molecule has 0 aliphatic heterocycles. The monoisotopic (exact) mass is 226 g/mol. The summed E-state index contributed by atoms with van der Waals surface area (Å²) in [5, 5.41) is 0. The fourth-order valence-corrected chi connectivity index (χ4v) is 2.67. The Morgan fingerprint density at radius 3 is 2.06 bits per heavy atom. The number of rotatable bonds is 4. The first-order valence-electron chi connectivity index (χ1n) is 6.11. The Kier molecular flexibility index (Phi) is 3.39. The first kappa shape index (κ1) is 13.5. The van der Waals surface area contributed by atoms with Crippen molar-refractivity contribution < 1.29 is 4.79 Å². The van der Waals surface area contributed by atoms with Gasteiger partial charge in [-0.1, -0.05) is 34.6 Å². The molecule has 0 saturated heterocycles. The van der Waals surface area contributed by atoms with Gasteiger partial charge in [-0.3, -0.25) is 4.79 Å². The van der Waals surface area contributed by atoms with Crippen molar-refractivity contribution >= 4 is 5.91 Å². The third-order valence-electron chi connectivity index (χ3n) is 4.63. The quantitative estimate of drug-likeness (QED) is 0.793. The molecule has 16 heavy (non-hydrogen) atoms. The molecular formula is C13H26N2O. The van der Waals surface area contributed by atoms with Gasteiger partial charge in [0.1, 0.15) is 0 Å². The summed E-state index contributed by atoms with van der Waals surface area (Å²) in [5.74, 6) is 0.809. The standard InChI is InChI=1S/C13H26N2O/c1-9(7-14)8-15(6)11(16)10-12(2,3)13(10,4)5/h9-10H,7-8,14H2,1-6H3. The minimum Gasteiger partial charge on any atom is -0.345 e. The van der Waals surface area contributed by atoms with Crippen molar-refractivity contribution in [2.45, 2.75) is 34.6 Å². The van der Waals surface area contributed by atoms with E-state index in [9.17, 15) is 4.79 Å². The summed E-state index contributed by atoms with van der Waals surface area (Å²) in [4.78, 5) is 14.1. The van der Waals surface area contributed by atoms with Crippen LogP contribution in [0.1, 0.15) is 34.6 Å². The maximum absolute atomic E-state index is 12.3. The molecule has 1 aliphatic rings. The summed E-state index contributed by atoms with van der Waals surface area (Å²) in [6.07, 6.45) is 0. The summed E-state index contributed by atoms with van der Waals surface area (Å²) in [7, 11) is 1.89. The van der Waals surface area contributed by atoms with Gasteiger partial charge in [0.15, 0.2) is 0 Å². The summed E-state index contributed by atoms with van der Waals surface area (Å²) >= 11 is 0. The molecule has 1 fully saturated rings. The van der Waals surface area contributed by atoms with Crippen molar-refractivity contribution in [1.29, 1.82) is 0 Å². The highest BCUT2D eigenvalue weighted by Crippen LogP contribution is 2.68. The molecule has 0 aromatic rings. The molecule has 0 aromatic heterocycles. The van der Waals surface area contributed by atoms with Gasteiger partial charge >= 0.3 is 0 Å². The van der Waals surface area contributed by atoms with E-state index in [1.807, 2.05) is 11.9 Å². The first-order chi connectivity index (χ1) is 7.16. The number of hydrogen-bond acceptors (Lipinski definition) is 2. The lowest BCUT2D eigenvalue weighted by atomic mass is 10.0. The van der Waals surface area contributed by atoms with Gasteiger partial charge < -0.3 is 10.6 Å². The molecule has 1 aliphatic carbocycles. The molecule has 2 N–H and O–H groups in total. The number of hydrogen-bond donors (Lipinski definition) is 1. The molecular weight excluding hydrogens is 200 g/mol. The van der Waals surface area contributed by atoms with E-state index < -0.39 is 0 Å². The van der Waals surface area contributed by atoms with Gasteiger partial charge in [0.2, 0.25) is 5.91 Å². The molecule has 0 spiro atoms. The summed E-state index contributed by atoms with van der Waals surface area (Å²) in [5.41, 5.74) is 5.84. The minimum atomic E-state index is 0.129. The normalized spacial score (nSPS) is 23.9. The molecule has 0 heterocycles. The van der Waals surface area contributed by atoms with Crippen LogP contribution < -0.4 is 5.73 Å². The van der Waals surface area contributed by atoms with E-state index in [1.54, 1.807) is 0 Å². The average Bonchev–Trinajstić information content (AvgIpc) is 2.56. The first-order valence-corrected chi connectivity index (χ1v) is 6.11. The Hall–Kier alpha value is -0.570. The second-order valence-electron chi connectivity index (χ2n) is 6.44. The van der Waals surface area contributed by atoms with Crippen LogP contribution in [-0.2, 0) is 4.79 Å². The van der Waals surface area contributed by atoms with Gasteiger partial charge in [0.05, 0.1) is 0 Å². The minimum absolute atomic E-state index is 0.129. The molecule has 1 amide bonds. The third-order valence-corrected chi connectivity index (χ3v) is 4.63. The van der Waals surface area contributed by atoms with Gasteiger partial charge in [-0.2, -0.15) is 0 Å². The highest BCUT2D eigenvalue weighted by atomic mass is 16.2. The van der Waals surface area contributed by atoms with Crippen molar-refractivity contribution in [3.63, 3.8) is 0 Å². The van der Waals surface area contributed by atoms with E-state index in [0.717, 1.165) is 6.54 Å². The fourth-order valence-electron chi connectivity index (χ4n) is 2.67. The van der Waals surface area contributed by atoms with Crippen molar-refractivity contribution in [1.82, 2.24) is 4.90 Å². The Bertz CT molecular complexity index is 270. The molecule has 0 radical (unpaired) electrons. The fraction of sp³-hybridized carbons (Fsp3) is 0.923. The molecule has 1 unspecified atom stereocenters. The Balaban J connectivity index is 2.61. The van der Waals surface area contributed by atoms with Crippen LogP contribution in [0.3, 0.4) is 0 Å². The maximum Gasteiger partial charge on any atom is 0.226 e. The molecule has 0 bridgehead atoms. The summed E-state index contributed by atoms with van der Waals surface area (Å²) in [6.45, 7) is 12.2. The molecule has 3 nitrogen and oxygen atoms in total. The average molecular weight is 226 g/mol. The highest BCUT2D eigenvalue weighted by Gasteiger charge is 2.68. The highest BCUT2D eigenvalue weighted by molar-refractivity contribution is 5.84. The smallest absolute Gasteiger partial charge is 0.226 e. The molecule has 3 heteroatoms. The van der Waals surface area contributed by atoms with Gasteiger partial charge in [-0.15, -0.1) is 0 Å². The van der Waals surface area contributed by atoms with Crippen molar-refractivity contribution in [3.05, 3.63) is 0 Å². The van der Waals surface area contributed by atoms with Crippen LogP contribution in [0, 0.1) is 22.7 Å². The van der Waals surface area contributed by atoms with E-state index in [4.69, 9.17) is 5.73 Å². The van der Waals surface area contributed by atoms with Crippen LogP contribution in [0.2, 0.25) is 0 Å². The number of nitrogens with two attached hydrogens (primary N) is 1. The Labute approximate surface area is 99.4 Å². The molecule has 1 saturated carbocycles. The second-order valence-corrected chi connectivity index (χ2v) is 6.44. The zero-order chi connectivity index (χ0) is 12.7. The van der Waals surface area contributed by atoms with Crippen LogP contribution in [0.5, 0.6) is 0 Å². The molecule has 1 atom stereocenters. The number of carbonyl (C=O) groups excluding carboxylic acids is 1. The number of nitrogens with zero attached hydrogens (tertiary/aromatic N) is 1. The van der Waals surface area contributed by atoms with E-state index in [1.165, 1.54) is 0 Å². The number of carbonyl (C=O) groups is 1. The van der Waals surface area contributed by atoms with E-state index in [0.29, 0.717) is 12.5 Å².